The minimum atomic E-state index is 0.262. The lowest BCUT2D eigenvalue weighted by Crippen LogP contribution is -2.34. The molecule has 7 heteroatoms. The number of fused-ring (bicyclic) bond motifs is 1. The first-order chi connectivity index (χ1) is 12.7. The molecule has 2 aliphatic heterocycles. The maximum Gasteiger partial charge on any atom is 0.180 e. The van der Waals surface area contributed by atoms with Gasteiger partial charge in [0.2, 0.25) is 0 Å². The predicted molar refractivity (Wildman–Crippen MR) is 102 cm³/mol. The zero-order valence-corrected chi connectivity index (χ0v) is 15.6. The Balaban J connectivity index is 1.63. The molecule has 140 valence electrons. The molecule has 0 spiro atoms. The van der Waals surface area contributed by atoms with Gasteiger partial charge in [0.05, 0.1) is 12.2 Å². The van der Waals surface area contributed by atoms with Crippen molar-refractivity contribution in [2.75, 3.05) is 50.2 Å². The Kier molecular flexibility index (Phi) is 5.17. The molecule has 2 aliphatic rings. The predicted octanol–water partition coefficient (Wildman–Crippen LogP) is 2.26. The molecule has 2 fully saturated rings. The fourth-order valence-corrected chi connectivity index (χ4v) is 3.75. The van der Waals surface area contributed by atoms with Crippen LogP contribution in [0.1, 0.15) is 25.7 Å². The maximum atomic E-state index is 5.80. The quantitative estimate of drug-likeness (QED) is 0.786. The Morgan fingerprint density at radius 3 is 2.15 bits per heavy atom. The van der Waals surface area contributed by atoms with E-state index in [1.807, 2.05) is 12.1 Å². The van der Waals surface area contributed by atoms with Gasteiger partial charge in [-0.2, -0.15) is 0 Å². The Labute approximate surface area is 154 Å². The number of hydrogen-bond donors (Lipinski definition) is 0. The highest BCUT2D eigenvalue weighted by Crippen LogP contribution is 2.28. The summed E-state index contributed by atoms with van der Waals surface area (Å²) in [6.45, 7) is 3.35. The van der Waals surface area contributed by atoms with Gasteiger partial charge in [0, 0.05) is 46.6 Å². The Bertz CT molecular complexity index is 681. The number of rotatable bonds is 6. The van der Waals surface area contributed by atoms with Crippen molar-refractivity contribution in [3.63, 3.8) is 0 Å². The fraction of sp³-hybridized carbons (Fsp3) is 0.632. The molecule has 0 bridgehead atoms. The van der Waals surface area contributed by atoms with Crippen molar-refractivity contribution in [1.29, 1.82) is 0 Å². The molecule has 7 nitrogen and oxygen atoms in total. The summed E-state index contributed by atoms with van der Waals surface area (Å²) in [4.78, 5) is 18.4. The summed E-state index contributed by atoms with van der Waals surface area (Å²) in [5.41, 5.74) is 1.49. The van der Waals surface area contributed by atoms with Gasteiger partial charge in [-0.1, -0.05) is 0 Å². The van der Waals surface area contributed by atoms with Gasteiger partial charge in [-0.05, 0) is 37.8 Å². The third-order valence-electron chi connectivity index (χ3n) is 5.13. The summed E-state index contributed by atoms with van der Waals surface area (Å²) in [6.07, 6.45) is 6.77. The van der Waals surface area contributed by atoms with Crippen molar-refractivity contribution in [2.24, 2.45) is 0 Å². The highest BCUT2D eigenvalue weighted by molar-refractivity contribution is 5.77. The number of anilines is 2. The molecular formula is C19H27N5O2. The monoisotopic (exact) mass is 357 g/mol. The van der Waals surface area contributed by atoms with E-state index >= 15 is 0 Å². The first-order valence-corrected chi connectivity index (χ1v) is 9.49. The molecule has 0 amide bonds. The van der Waals surface area contributed by atoms with Crippen LogP contribution in [0.4, 0.5) is 11.6 Å². The molecule has 2 atom stereocenters. The summed E-state index contributed by atoms with van der Waals surface area (Å²) < 4.78 is 11.6. The average Bonchev–Trinajstić information content (AvgIpc) is 3.34. The summed E-state index contributed by atoms with van der Waals surface area (Å²) >= 11 is 0. The zero-order valence-electron chi connectivity index (χ0n) is 15.6. The second-order valence-corrected chi connectivity index (χ2v) is 7.25. The van der Waals surface area contributed by atoms with Crippen molar-refractivity contribution < 1.29 is 9.47 Å². The van der Waals surface area contributed by atoms with Gasteiger partial charge >= 0.3 is 0 Å². The number of ether oxygens (including phenoxy) is 2. The minimum absolute atomic E-state index is 0.262. The Morgan fingerprint density at radius 1 is 0.962 bits per heavy atom. The SMILES string of the molecule is CN(CC1CCCO1)c1nc2cccnc2nc1N(C)CC1CCCO1. The van der Waals surface area contributed by atoms with Gasteiger partial charge in [-0.25, -0.2) is 15.0 Å². The molecule has 0 radical (unpaired) electrons. The molecule has 2 unspecified atom stereocenters. The van der Waals surface area contributed by atoms with Crippen molar-refractivity contribution in [1.82, 2.24) is 15.0 Å². The van der Waals surface area contributed by atoms with Crippen molar-refractivity contribution in [2.45, 2.75) is 37.9 Å². The largest absolute Gasteiger partial charge is 0.376 e. The lowest BCUT2D eigenvalue weighted by atomic mass is 10.2. The second-order valence-electron chi connectivity index (χ2n) is 7.25. The van der Waals surface area contributed by atoms with Gasteiger partial charge in [0.1, 0.15) is 5.52 Å². The molecule has 2 saturated heterocycles. The summed E-state index contributed by atoms with van der Waals surface area (Å²) in [6, 6.07) is 3.86. The molecule has 0 aliphatic carbocycles. The number of likely N-dealkylation sites (N-methyl/N-ethyl adjacent to an activating group) is 2. The van der Waals surface area contributed by atoms with Crippen LogP contribution in [0.5, 0.6) is 0 Å². The molecule has 0 saturated carbocycles. The lowest BCUT2D eigenvalue weighted by Gasteiger charge is -2.28. The summed E-state index contributed by atoms with van der Waals surface area (Å²) in [5.74, 6) is 1.73. The van der Waals surface area contributed by atoms with Crippen LogP contribution in [0.3, 0.4) is 0 Å². The molecule has 4 heterocycles. The molecule has 2 aromatic heterocycles. The van der Waals surface area contributed by atoms with Gasteiger partial charge in [-0.3, -0.25) is 0 Å². The van der Waals surface area contributed by atoms with E-state index in [0.717, 1.165) is 69.1 Å². The third kappa shape index (κ3) is 3.73. The van der Waals surface area contributed by atoms with Crippen molar-refractivity contribution >= 4 is 22.8 Å². The zero-order chi connectivity index (χ0) is 17.9. The number of pyridine rings is 1. The topological polar surface area (TPSA) is 63.6 Å². The molecule has 0 N–H and O–H groups in total. The van der Waals surface area contributed by atoms with Crippen LogP contribution in [-0.2, 0) is 9.47 Å². The van der Waals surface area contributed by atoms with E-state index < -0.39 is 0 Å². The molecular weight excluding hydrogens is 330 g/mol. The third-order valence-corrected chi connectivity index (χ3v) is 5.13. The number of aromatic nitrogens is 3. The van der Waals surface area contributed by atoms with Crippen LogP contribution in [0.2, 0.25) is 0 Å². The Hall–Kier alpha value is -1.99. The van der Waals surface area contributed by atoms with Gasteiger partial charge in [-0.15, -0.1) is 0 Å². The number of hydrogen-bond acceptors (Lipinski definition) is 7. The van der Waals surface area contributed by atoms with Crippen LogP contribution >= 0.6 is 0 Å². The van der Waals surface area contributed by atoms with E-state index in [4.69, 9.17) is 19.4 Å². The molecule has 0 aromatic carbocycles. The van der Waals surface area contributed by atoms with E-state index in [0.29, 0.717) is 5.65 Å². The lowest BCUT2D eigenvalue weighted by molar-refractivity contribution is 0.115. The first kappa shape index (κ1) is 17.4. The van der Waals surface area contributed by atoms with Crippen molar-refractivity contribution in [3.05, 3.63) is 18.3 Å². The van der Waals surface area contributed by atoms with Crippen LogP contribution in [0.25, 0.3) is 11.2 Å². The van der Waals surface area contributed by atoms with E-state index in [9.17, 15) is 0 Å². The highest BCUT2D eigenvalue weighted by Gasteiger charge is 2.24. The molecule has 2 aromatic rings. The van der Waals surface area contributed by atoms with Gasteiger partial charge < -0.3 is 19.3 Å². The maximum absolute atomic E-state index is 5.80. The smallest absolute Gasteiger partial charge is 0.180 e. The molecule has 4 rings (SSSR count). The number of nitrogens with zero attached hydrogens (tertiary/aromatic N) is 5. The fourth-order valence-electron chi connectivity index (χ4n) is 3.75. The summed E-state index contributed by atoms with van der Waals surface area (Å²) in [7, 11) is 4.13. The minimum Gasteiger partial charge on any atom is -0.376 e. The highest BCUT2D eigenvalue weighted by atomic mass is 16.5. The van der Waals surface area contributed by atoms with Crippen molar-refractivity contribution in [3.8, 4) is 0 Å². The van der Waals surface area contributed by atoms with Crippen LogP contribution in [0, 0.1) is 0 Å². The molecule has 26 heavy (non-hydrogen) atoms. The Morgan fingerprint density at radius 2 is 1.58 bits per heavy atom. The van der Waals surface area contributed by atoms with Gasteiger partial charge in [0.25, 0.3) is 0 Å². The normalized spacial score (nSPS) is 22.8. The van der Waals surface area contributed by atoms with Crippen LogP contribution < -0.4 is 9.80 Å². The summed E-state index contributed by atoms with van der Waals surface area (Å²) in [5, 5.41) is 0. The standard InChI is InChI=1S/C19H27N5O2/c1-23(12-14-6-4-10-25-14)18-19(24(2)13-15-7-5-11-26-15)22-17-16(21-18)8-3-9-20-17/h3,8-9,14-15H,4-7,10-13H2,1-2H3. The van der Waals surface area contributed by atoms with Crippen LogP contribution in [0.15, 0.2) is 18.3 Å². The first-order valence-electron chi connectivity index (χ1n) is 9.49. The van der Waals surface area contributed by atoms with Gasteiger partial charge in [0.15, 0.2) is 17.3 Å². The average molecular weight is 357 g/mol. The van der Waals surface area contributed by atoms with E-state index in [1.165, 1.54) is 0 Å². The van der Waals surface area contributed by atoms with E-state index in [-0.39, 0.29) is 12.2 Å². The second kappa shape index (κ2) is 7.72. The van der Waals surface area contributed by atoms with Crippen LogP contribution in [-0.4, -0.2) is 67.6 Å². The van der Waals surface area contributed by atoms with E-state index in [2.05, 4.69) is 28.9 Å². The van der Waals surface area contributed by atoms with E-state index in [1.54, 1.807) is 6.20 Å².